The predicted octanol–water partition coefficient (Wildman–Crippen LogP) is 0.460. The van der Waals surface area contributed by atoms with Crippen molar-refractivity contribution >= 4 is 17.9 Å². The van der Waals surface area contributed by atoms with Crippen LogP contribution in [0, 0.1) is 0 Å². The number of carbonyl (C=O) groups excluding carboxylic acids is 2. The number of piperazine rings is 1. The van der Waals surface area contributed by atoms with Crippen LogP contribution in [0.4, 0.5) is 0 Å². The number of H-pyrrole nitrogens is 1. The zero-order chi connectivity index (χ0) is 14.0. The van der Waals surface area contributed by atoms with Gasteiger partial charge in [0.2, 0.25) is 5.91 Å². The van der Waals surface area contributed by atoms with Gasteiger partial charge in [-0.05, 0) is 6.08 Å². The van der Waals surface area contributed by atoms with Crippen molar-refractivity contribution in [1.82, 2.24) is 20.6 Å². The van der Waals surface area contributed by atoms with Gasteiger partial charge in [-0.15, -0.1) is 6.58 Å². The van der Waals surface area contributed by atoms with Gasteiger partial charge in [0.05, 0.1) is 24.3 Å². The van der Waals surface area contributed by atoms with E-state index < -0.39 is 0 Å². The second kappa shape index (κ2) is 4.72. The lowest BCUT2D eigenvalue weighted by Crippen LogP contribution is -2.47. The summed E-state index contributed by atoms with van der Waals surface area (Å²) < 4.78 is 0. The summed E-state index contributed by atoms with van der Waals surface area (Å²) >= 11 is 0. The average Bonchev–Trinajstić information content (AvgIpc) is 2.83. The van der Waals surface area contributed by atoms with Crippen LogP contribution in [0.15, 0.2) is 24.7 Å². The van der Waals surface area contributed by atoms with E-state index in [-0.39, 0.29) is 29.5 Å². The molecule has 0 spiro atoms. The van der Waals surface area contributed by atoms with Crippen molar-refractivity contribution in [3.8, 4) is 0 Å². The van der Waals surface area contributed by atoms with Gasteiger partial charge in [-0.3, -0.25) is 9.59 Å². The molecule has 1 aliphatic rings. The Labute approximate surface area is 111 Å². The third-order valence-electron chi connectivity index (χ3n) is 3.03. The first-order chi connectivity index (χ1) is 8.94. The summed E-state index contributed by atoms with van der Waals surface area (Å²) in [4.78, 5) is 30.1. The third kappa shape index (κ3) is 2.57. The van der Waals surface area contributed by atoms with Crippen LogP contribution in [-0.4, -0.2) is 28.3 Å². The molecule has 0 atom stereocenters. The first-order valence-electron chi connectivity index (χ1n) is 5.91. The van der Waals surface area contributed by atoms with Crippen LogP contribution in [0.2, 0.25) is 0 Å². The van der Waals surface area contributed by atoms with Crippen molar-refractivity contribution in [3.05, 3.63) is 36.1 Å². The molecular weight excluding hydrogens is 244 g/mol. The van der Waals surface area contributed by atoms with Crippen molar-refractivity contribution in [3.63, 3.8) is 0 Å². The fourth-order valence-corrected chi connectivity index (χ4v) is 1.78. The van der Waals surface area contributed by atoms with Gasteiger partial charge < -0.3 is 15.6 Å². The van der Waals surface area contributed by atoms with E-state index in [1.807, 2.05) is 13.8 Å². The normalized spacial score (nSPS) is 18.1. The average molecular weight is 260 g/mol. The highest BCUT2D eigenvalue weighted by molar-refractivity contribution is 6.05. The molecule has 1 fully saturated rings. The molecule has 6 heteroatoms. The first-order valence-corrected chi connectivity index (χ1v) is 5.91. The molecule has 0 unspecified atom stereocenters. The molecule has 1 saturated heterocycles. The summed E-state index contributed by atoms with van der Waals surface area (Å²) in [5, 5.41) is 5.02. The molecule has 0 bridgehead atoms. The molecule has 6 nitrogen and oxygen atoms in total. The van der Waals surface area contributed by atoms with Crippen LogP contribution in [0.25, 0.3) is 6.08 Å². The van der Waals surface area contributed by atoms with Crippen LogP contribution in [0.3, 0.4) is 0 Å². The predicted molar refractivity (Wildman–Crippen MR) is 70.9 cm³/mol. The number of hydrogen-bond acceptors (Lipinski definition) is 3. The number of imidazole rings is 1. The lowest BCUT2D eigenvalue weighted by atomic mass is 9.88. The number of nitrogens with one attached hydrogen (secondary N) is 3. The second-order valence-electron chi connectivity index (χ2n) is 4.88. The van der Waals surface area contributed by atoms with Gasteiger partial charge in [-0.1, -0.05) is 19.9 Å². The third-order valence-corrected chi connectivity index (χ3v) is 3.03. The molecule has 0 radical (unpaired) electrons. The lowest BCUT2D eigenvalue weighted by Gasteiger charge is -2.20. The van der Waals surface area contributed by atoms with E-state index in [0.29, 0.717) is 5.69 Å². The monoisotopic (exact) mass is 260 g/mol. The molecule has 0 saturated carbocycles. The molecule has 1 aliphatic heterocycles. The molecule has 1 aromatic heterocycles. The van der Waals surface area contributed by atoms with Crippen LogP contribution in [0.5, 0.6) is 0 Å². The highest BCUT2D eigenvalue weighted by Gasteiger charge is 2.24. The van der Waals surface area contributed by atoms with Crippen LogP contribution >= 0.6 is 0 Å². The smallest absolute Gasteiger partial charge is 0.268 e. The van der Waals surface area contributed by atoms with E-state index in [1.54, 1.807) is 18.5 Å². The zero-order valence-corrected chi connectivity index (χ0v) is 10.9. The van der Waals surface area contributed by atoms with Crippen molar-refractivity contribution < 1.29 is 9.59 Å². The Morgan fingerprint density at radius 3 is 2.84 bits per heavy atom. The van der Waals surface area contributed by atoms with Crippen LogP contribution in [-0.2, 0) is 15.0 Å². The minimum Gasteiger partial charge on any atom is -0.347 e. The Bertz CT molecular complexity index is 569. The summed E-state index contributed by atoms with van der Waals surface area (Å²) in [5.74, 6) is -0.559. The zero-order valence-electron chi connectivity index (χ0n) is 10.9. The number of amides is 2. The Balaban J connectivity index is 2.38. The Morgan fingerprint density at radius 2 is 2.16 bits per heavy atom. The molecule has 2 rings (SSSR count). The van der Waals surface area contributed by atoms with E-state index in [2.05, 4.69) is 27.2 Å². The summed E-state index contributed by atoms with van der Waals surface area (Å²) in [5.41, 5.74) is 1.34. The first kappa shape index (κ1) is 13.1. The van der Waals surface area contributed by atoms with Gasteiger partial charge in [0.1, 0.15) is 5.70 Å². The van der Waals surface area contributed by atoms with Crippen molar-refractivity contribution in [2.24, 2.45) is 0 Å². The molecular formula is C13H16N4O2. The maximum absolute atomic E-state index is 11.6. The molecule has 2 amide bonds. The number of allylic oxidation sites excluding steroid dienone is 1. The number of aromatic nitrogens is 2. The number of hydrogen-bond donors (Lipinski definition) is 3. The van der Waals surface area contributed by atoms with Crippen molar-refractivity contribution in [2.45, 2.75) is 19.3 Å². The Morgan fingerprint density at radius 1 is 1.42 bits per heavy atom. The summed E-state index contributed by atoms with van der Waals surface area (Å²) in [6, 6.07) is 0. The molecule has 0 aromatic carbocycles. The molecule has 19 heavy (non-hydrogen) atoms. The summed E-state index contributed by atoms with van der Waals surface area (Å²) in [7, 11) is 0. The SMILES string of the molecule is C=CC(C)(C)c1[nH]cnc1C=C1NC(=O)CNC1=O. The van der Waals surface area contributed by atoms with Gasteiger partial charge in [0, 0.05) is 5.41 Å². The topological polar surface area (TPSA) is 86.9 Å². The Kier molecular flexibility index (Phi) is 3.25. The highest BCUT2D eigenvalue weighted by atomic mass is 16.2. The van der Waals surface area contributed by atoms with E-state index in [0.717, 1.165) is 5.69 Å². The molecule has 2 heterocycles. The summed E-state index contributed by atoms with van der Waals surface area (Å²) in [6.45, 7) is 7.75. The minimum absolute atomic E-state index is 0.00173. The molecule has 1 aromatic rings. The van der Waals surface area contributed by atoms with Gasteiger partial charge in [0.25, 0.3) is 5.91 Å². The molecule has 0 aliphatic carbocycles. The number of nitrogens with zero attached hydrogens (tertiary/aromatic N) is 1. The second-order valence-corrected chi connectivity index (χ2v) is 4.88. The Hall–Kier alpha value is -2.37. The number of carbonyl (C=O) groups is 2. The highest BCUT2D eigenvalue weighted by Crippen LogP contribution is 2.26. The van der Waals surface area contributed by atoms with Crippen molar-refractivity contribution in [1.29, 1.82) is 0 Å². The van der Waals surface area contributed by atoms with Gasteiger partial charge in [-0.25, -0.2) is 4.98 Å². The van der Waals surface area contributed by atoms with E-state index in [1.165, 1.54) is 0 Å². The lowest BCUT2D eigenvalue weighted by molar-refractivity contribution is -0.127. The largest absolute Gasteiger partial charge is 0.347 e. The van der Waals surface area contributed by atoms with Gasteiger partial charge in [0.15, 0.2) is 0 Å². The van der Waals surface area contributed by atoms with E-state index in [4.69, 9.17) is 0 Å². The summed E-state index contributed by atoms with van der Waals surface area (Å²) in [6.07, 6.45) is 4.90. The standard InChI is InChI=1S/C13H16N4O2/c1-4-13(2,3)11-8(15-7-16-11)5-9-12(19)14-6-10(18)17-9/h4-5,7H,1,6H2,2-3H3,(H,14,19)(H,15,16)(H,17,18). The fourth-order valence-electron chi connectivity index (χ4n) is 1.78. The van der Waals surface area contributed by atoms with Gasteiger partial charge in [-0.2, -0.15) is 0 Å². The van der Waals surface area contributed by atoms with Crippen LogP contribution < -0.4 is 10.6 Å². The number of rotatable bonds is 3. The molecule has 3 N–H and O–H groups in total. The van der Waals surface area contributed by atoms with Gasteiger partial charge >= 0.3 is 0 Å². The minimum atomic E-state index is -0.315. The van der Waals surface area contributed by atoms with Crippen molar-refractivity contribution in [2.75, 3.05) is 6.54 Å². The maximum atomic E-state index is 11.6. The van der Waals surface area contributed by atoms with E-state index in [9.17, 15) is 9.59 Å². The number of aromatic amines is 1. The molecule has 100 valence electrons. The fraction of sp³-hybridized carbons (Fsp3) is 0.308. The van der Waals surface area contributed by atoms with Crippen LogP contribution in [0.1, 0.15) is 25.2 Å². The quantitative estimate of drug-likeness (QED) is 0.545. The van der Waals surface area contributed by atoms with E-state index >= 15 is 0 Å². The maximum Gasteiger partial charge on any atom is 0.268 e.